The highest BCUT2D eigenvalue weighted by atomic mass is 35.5. The van der Waals surface area contributed by atoms with Gasteiger partial charge in [0.25, 0.3) is 5.91 Å². The first-order valence-electron chi connectivity index (χ1n) is 7.13. The molecule has 0 unspecified atom stereocenters. The zero-order valence-electron chi connectivity index (χ0n) is 12.6. The van der Waals surface area contributed by atoms with Crippen molar-refractivity contribution < 1.29 is 4.79 Å². The number of rotatable bonds is 4. The van der Waals surface area contributed by atoms with Gasteiger partial charge in [0.1, 0.15) is 5.69 Å². The Hall–Kier alpha value is -2.34. The van der Waals surface area contributed by atoms with Crippen LogP contribution < -0.4 is 10.6 Å². The van der Waals surface area contributed by atoms with Crippen molar-refractivity contribution in [3.8, 4) is 0 Å². The number of nitrogens with zero attached hydrogens (tertiary/aromatic N) is 2. The molecule has 0 aliphatic heterocycles. The average molecular weight is 394 g/mol. The Morgan fingerprint density at radius 1 is 0.840 bits per heavy atom. The summed E-state index contributed by atoms with van der Waals surface area (Å²) in [5.74, 6) is -0.112. The Bertz CT molecular complexity index is 896. The molecule has 3 aromatic rings. The molecule has 0 spiro atoms. The quantitative estimate of drug-likeness (QED) is 0.620. The Morgan fingerprint density at radius 2 is 1.52 bits per heavy atom. The zero-order chi connectivity index (χ0) is 17.8. The van der Waals surface area contributed by atoms with Crippen LogP contribution in [0.5, 0.6) is 0 Å². The van der Waals surface area contributed by atoms with Gasteiger partial charge in [0.2, 0.25) is 5.95 Å². The summed E-state index contributed by atoms with van der Waals surface area (Å²) in [5, 5.41) is 7.18. The van der Waals surface area contributed by atoms with E-state index in [0.29, 0.717) is 26.7 Å². The lowest BCUT2D eigenvalue weighted by molar-refractivity contribution is 0.102. The first-order chi connectivity index (χ1) is 12.0. The van der Waals surface area contributed by atoms with Gasteiger partial charge < -0.3 is 10.6 Å². The molecule has 25 heavy (non-hydrogen) atoms. The number of anilines is 3. The van der Waals surface area contributed by atoms with E-state index in [1.165, 1.54) is 12.3 Å². The molecule has 1 amide bonds. The molecule has 0 radical (unpaired) electrons. The van der Waals surface area contributed by atoms with E-state index in [-0.39, 0.29) is 5.69 Å². The molecule has 0 saturated heterocycles. The maximum Gasteiger partial charge on any atom is 0.274 e. The lowest BCUT2D eigenvalue weighted by Gasteiger charge is -2.08. The van der Waals surface area contributed by atoms with Crippen LogP contribution in [0, 0.1) is 0 Å². The van der Waals surface area contributed by atoms with Crippen LogP contribution in [0.25, 0.3) is 0 Å². The molecule has 1 heterocycles. The molecule has 5 nitrogen and oxygen atoms in total. The smallest absolute Gasteiger partial charge is 0.274 e. The molecule has 2 N–H and O–H groups in total. The summed E-state index contributed by atoms with van der Waals surface area (Å²) in [6, 6.07) is 13.3. The van der Waals surface area contributed by atoms with Crippen LogP contribution >= 0.6 is 34.8 Å². The Kier molecular flexibility index (Phi) is 5.38. The van der Waals surface area contributed by atoms with Crippen LogP contribution in [-0.2, 0) is 0 Å². The topological polar surface area (TPSA) is 66.9 Å². The number of carbonyl (C=O) groups excluding carboxylic acids is 1. The SMILES string of the molecule is O=C(Nc1cc(Cl)cc(Cl)c1)c1ccnc(Nc2ccc(Cl)cc2)n1. The van der Waals surface area contributed by atoms with Crippen LogP contribution in [0.15, 0.2) is 54.7 Å². The molecule has 1 aromatic heterocycles. The fourth-order valence-electron chi connectivity index (χ4n) is 2.03. The van der Waals surface area contributed by atoms with E-state index in [9.17, 15) is 4.79 Å². The Balaban J connectivity index is 1.76. The van der Waals surface area contributed by atoms with Crippen molar-refractivity contribution in [2.45, 2.75) is 0 Å². The van der Waals surface area contributed by atoms with E-state index < -0.39 is 5.91 Å². The van der Waals surface area contributed by atoms with Crippen molar-refractivity contribution >= 4 is 58.0 Å². The molecule has 0 aliphatic carbocycles. The maximum absolute atomic E-state index is 12.4. The van der Waals surface area contributed by atoms with Crippen molar-refractivity contribution in [1.82, 2.24) is 9.97 Å². The third-order valence-corrected chi connectivity index (χ3v) is 3.80. The fraction of sp³-hybridized carbons (Fsp3) is 0. The van der Waals surface area contributed by atoms with Crippen LogP contribution in [0.3, 0.4) is 0 Å². The number of carbonyl (C=O) groups is 1. The van der Waals surface area contributed by atoms with Gasteiger partial charge in [-0.2, -0.15) is 0 Å². The van der Waals surface area contributed by atoms with E-state index >= 15 is 0 Å². The van der Waals surface area contributed by atoms with Crippen molar-refractivity contribution in [3.05, 3.63) is 75.5 Å². The van der Waals surface area contributed by atoms with Gasteiger partial charge in [-0.05, 0) is 48.5 Å². The number of nitrogens with one attached hydrogen (secondary N) is 2. The molecular weight excluding hydrogens is 383 g/mol. The number of hydrogen-bond donors (Lipinski definition) is 2. The molecular formula is C17H11Cl3N4O. The van der Waals surface area contributed by atoms with Gasteiger partial charge in [-0.1, -0.05) is 34.8 Å². The number of hydrogen-bond acceptors (Lipinski definition) is 4. The first-order valence-corrected chi connectivity index (χ1v) is 8.26. The normalized spacial score (nSPS) is 10.4. The minimum atomic E-state index is -0.403. The third kappa shape index (κ3) is 4.82. The van der Waals surface area contributed by atoms with Gasteiger partial charge in [0, 0.05) is 32.6 Å². The van der Waals surface area contributed by atoms with Crippen molar-refractivity contribution in [3.63, 3.8) is 0 Å². The second-order valence-corrected chi connectivity index (χ2v) is 6.32. The van der Waals surface area contributed by atoms with E-state index in [1.807, 2.05) is 0 Å². The Morgan fingerprint density at radius 3 is 2.20 bits per heavy atom. The zero-order valence-corrected chi connectivity index (χ0v) is 14.9. The number of amides is 1. The summed E-state index contributed by atoms with van der Waals surface area (Å²) < 4.78 is 0. The second kappa shape index (κ2) is 7.70. The second-order valence-electron chi connectivity index (χ2n) is 5.01. The third-order valence-electron chi connectivity index (χ3n) is 3.11. The number of halogens is 3. The summed E-state index contributed by atoms with van der Waals surface area (Å²) in [6.07, 6.45) is 1.49. The number of aromatic nitrogens is 2. The summed E-state index contributed by atoms with van der Waals surface area (Å²) in [6.45, 7) is 0. The summed E-state index contributed by atoms with van der Waals surface area (Å²) in [5.41, 5.74) is 1.43. The highest BCUT2D eigenvalue weighted by Gasteiger charge is 2.10. The van der Waals surface area contributed by atoms with E-state index in [2.05, 4.69) is 20.6 Å². The van der Waals surface area contributed by atoms with Crippen LogP contribution in [-0.4, -0.2) is 15.9 Å². The summed E-state index contributed by atoms with van der Waals surface area (Å²) in [7, 11) is 0. The van der Waals surface area contributed by atoms with Crippen LogP contribution in [0.4, 0.5) is 17.3 Å². The average Bonchev–Trinajstić information content (AvgIpc) is 2.56. The van der Waals surface area contributed by atoms with E-state index in [1.54, 1.807) is 42.5 Å². The number of benzene rings is 2. The van der Waals surface area contributed by atoms with Gasteiger partial charge in [0.05, 0.1) is 0 Å². The lowest BCUT2D eigenvalue weighted by atomic mass is 10.3. The minimum Gasteiger partial charge on any atom is -0.324 e. The maximum atomic E-state index is 12.4. The van der Waals surface area contributed by atoms with Crippen molar-refractivity contribution in [1.29, 1.82) is 0 Å². The van der Waals surface area contributed by atoms with E-state index in [0.717, 1.165) is 5.69 Å². The minimum absolute atomic E-state index is 0.197. The lowest BCUT2D eigenvalue weighted by Crippen LogP contribution is -2.14. The first kappa shape index (κ1) is 17.5. The molecule has 8 heteroatoms. The molecule has 0 bridgehead atoms. The Labute approximate surface area is 159 Å². The molecule has 0 fully saturated rings. The van der Waals surface area contributed by atoms with Gasteiger partial charge in [-0.25, -0.2) is 9.97 Å². The van der Waals surface area contributed by atoms with Crippen LogP contribution in [0.1, 0.15) is 10.5 Å². The molecule has 126 valence electrons. The highest BCUT2D eigenvalue weighted by Crippen LogP contribution is 2.23. The van der Waals surface area contributed by atoms with Gasteiger partial charge in [0.15, 0.2) is 0 Å². The standard InChI is InChI=1S/C17H11Cl3N4O/c18-10-1-3-13(4-2-10)23-17-21-6-5-15(24-17)16(25)22-14-8-11(19)7-12(20)9-14/h1-9H,(H,22,25)(H,21,23,24). The largest absolute Gasteiger partial charge is 0.324 e. The van der Waals surface area contributed by atoms with E-state index in [4.69, 9.17) is 34.8 Å². The van der Waals surface area contributed by atoms with Gasteiger partial charge in [-0.15, -0.1) is 0 Å². The predicted octanol–water partition coefficient (Wildman–Crippen LogP) is 5.43. The van der Waals surface area contributed by atoms with Crippen molar-refractivity contribution in [2.24, 2.45) is 0 Å². The summed E-state index contributed by atoms with van der Waals surface area (Å²) in [4.78, 5) is 20.6. The molecule has 3 rings (SSSR count). The predicted molar refractivity (Wildman–Crippen MR) is 101 cm³/mol. The van der Waals surface area contributed by atoms with Crippen molar-refractivity contribution in [2.75, 3.05) is 10.6 Å². The highest BCUT2D eigenvalue weighted by molar-refractivity contribution is 6.35. The molecule has 0 atom stereocenters. The van der Waals surface area contributed by atoms with Crippen LogP contribution in [0.2, 0.25) is 15.1 Å². The molecule has 0 saturated carbocycles. The van der Waals surface area contributed by atoms with Gasteiger partial charge in [-0.3, -0.25) is 4.79 Å². The monoisotopic (exact) mass is 392 g/mol. The fourth-order valence-corrected chi connectivity index (χ4v) is 2.68. The molecule has 2 aromatic carbocycles. The van der Waals surface area contributed by atoms with Gasteiger partial charge >= 0.3 is 0 Å². The summed E-state index contributed by atoms with van der Waals surface area (Å²) >= 11 is 17.7. The molecule has 0 aliphatic rings.